The largest absolute Gasteiger partial charge is 1.00 e. The number of carbonyl (C=O) groups excluding carboxylic acids is 1. The van der Waals surface area contributed by atoms with Gasteiger partial charge in [-0.15, -0.1) is 0 Å². The Hall–Kier alpha value is -4.23. The van der Waals surface area contributed by atoms with E-state index in [0.29, 0.717) is 62.0 Å². The van der Waals surface area contributed by atoms with Crippen molar-refractivity contribution in [2.45, 2.75) is 6.42 Å². The number of imidazole rings is 1. The molecule has 2 amide bonds. The minimum atomic E-state index is -0.948. The van der Waals surface area contributed by atoms with Crippen molar-refractivity contribution in [3.8, 4) is 17.3 Å². The summed E-state index contributed by atoms with van der Waals surface area (Å²) in [5.74, 6) is -2.22. The number of aromatic hydroxyl groups is 1. The predicted octanol–water partition coefficient (Wildman–Crippen LogP) is -1.21. The van der Waals surface area contributed by atoms with E-state index in [-0.39, 0.29) is 42.0 Å². The van der Waals surface area contributed by atoms with E-state index in [4.69, 9.17) is 4.74 Å². The lowest BCUT2D eigenvalue weighted by Gasteiger charge is -2.30. The van der Waals surface area contributed by atoms with Crippen LogP contribution in [0.15, 0.2) is 41.5 Å². The summed E-state index contributed by atoms with van der Waals surface area (Å²) in [5.41, 5.74) is 1.75. The zero-order valence-corrected chi connectivity index (χ0v) is 22.2. The van der Waals surface area contributed by atoms with Gasteiger partial charge in [0, 0.05) is 45.8 Å². The summed E-state index contributed by atoms with van der Waals surface area (Å²) in [6.45, 7) is 3.22. The monoisotopic (exact) mass is 573 g/mol. The third-order valence-electron chi connectivity index (χ3n) is 7.04. The Balaban J connectivity index is 0.00000323. The molecule has 5 heterocycles. The summed E-state index contributed by atoms with van der Waals surface area (Å²) in [5, 5.41) is 10.9. The Bertz CT molecular complexity index is 1650. The van der Waals surface area contributed by atoms with Gasteiger partial charge in [0.15, 0.2) is 17.3 Å². The van der Waals surface area contributed by atoms with E-state index < -0.39 is 22.9 Å². The molecule has 0 saturated carbocycles. The van der Waals surface area contributed by atoms with Gasteiger partial charge in [0.1, 0.15) is 11.9 Å². The fraction of sp³-hybridized carbons (Fsp3) is 0.308. The molecule has 210 valence electrons. The van der Waals surface area contributed by atoms with Crippen LogP contribution in [-0.2, 0) is 11.2 Å². The molecule has 2 saturated heterocycles. The molecule has 2 aliphatic heterocycles. The number of halogens is 3. The van der Waals surface area contributed by atoms with Gasteiger partial charge >= 0.3 is 17.4 Å². The molecule has 1 aromatic carbocycles. The van der Waals surface area contributed by atoms with Gasteiger partial charge in [-0.1, -0.05) is 6.07 Å². The highest BCUT2D eigenvalue weighted by Crippen LogP contribution is 2.31. The highest BCUT2D eigenvalue weighted by molar-refractivity contribution is 5.98. The molecule has 0 atom stereocenters. The summed E-state index contributed by atoms with van der Waals surface area (Å²) >= 11 is 0. The number of nitrogens with one attached hydrogen (secondary N) is 2. The maximum atomic E-state index is 13.6. The average molecular weight is 574 g/mol. The molecule has 2 aliphatic rings. The van der Waals surface area contributed by atoms with Crippen molar-refractivity contribution in [1.29, 1.82) is 0 Å². The molecule has 40 heavy (non-hydrogen) atoms. The highest BCUT2D eigenvalue weighted by Gasteiger charge is 2.31. The van der Waals surface area contributed by atoms with Crippen molar-refractivity contribution in [2.24, 2.45) is 0 Å². The molecule has 14 heteroatoms. The van der Waals surface area contributed by atoms with Gasteiger partial charge in [-0.3, -0.25) is 14.1 Å². The standard InChI is InChI=1S/C26H25F2N7O4.ClH/c1-32-4-5-34(26(32)38)20-12-17(33-6-8-39-9-7-33)14-35-24(20)31-21(22(36)25(35)37)23-29-13-16(30-23)10-15-2-3-18(27)19(28)11-15;/h2-3,11-14,36H,4-10H2,1H3,(H,29,30);1H. The number of aromatic nitrogens is 4. The molecule has 3 N–H and O–H groups in total. The van der Waals surface area contributed by atoms with Gasteiger partial charge in [-0.25, -0.2) is 28.5 Å². The van der Waals surface area contributed by atoms with Crippen molar-refractivity contribution in [2.75, 3.05) is 56.2 Å². The molecular formula is C26H26ClF2N7O4. The number of carbonyl (C=O) groups is 1. The number of nitrogens with zero attached hydrogens (tertiary/aromatic N) is 5. The van der Waals surface area contributed by atoms with E-state index in [2.05, 4.69) is 19.9 Å². The molecule has 0 unspecified atom stereocenters. The fourth-order valence-corrected chi connectivity index (χ4v) is 4.92. The van der Waals surface area contributed by atoms with Crippen molar-refractivity contribution in [3.63, 3.8) is 0 Å². The Morgan fingerprint density at radius 1 is 1.10 bits per heavy atom. The number of H-pyrrole nitrogens is 2. The van der Waals surface area contributed by atoms with Crippen LogP contribution in [0.4, 0.5) is 25.0 Å². The number of pyridine rings is 1. The molecule has 2 fully saturated rings. The molecule has 0 spiro atoms. The number of ether oxygens (including phenoxy) is 1. The van der Waals surface area contributed by atoms with E-state index >= 15 is 0 Å². The number of benzene rings is 1. The lowest BCUT2D eigenvalue weighted by atomic mass is 10.1. The van der Waals surface area contributed by atoms with Crippen LogP contribution in [0.2, 0.25) is 0 Å². The molecule has 3 aromatic heterocycles. The van der Waals surface area contributed by atoms with Gasteiger partial charge in [0.2, 0.25) is 11.4 Å². The van der Waals surface area contributed by atoms with Gasteiger partial charge in [-0.2, -0.15) is 0 Å². The lowest BCUT2D eigenvalue weighted by molar-refractivity contribution is -0.362. The summed E-state index contributed by atoms with van der Waals surface area (Å²) in [6.07, 6.45) is 3.45. The first-order valence-electron chi connectivity index (χ1n) is 12.5. The molecular weight excluding hydrogens is 548 g/mol. The van der Waals surface area contributed by atoms with Crippen LogP contribution < -0.4 is 32.8 Å². The smallest absolute Gasteiger partial charge is 0.324 e. The second-order valence-corrected chi connectivity index (χ2v) is 9.59. The molecule has 0 radical (unpaired) electrons. The maximum Gasteiger partial charge on any atom is 0.324 e. The van der Waals surface area contributed by atoms with E-state index in [1.807, 2.05) is 6.07 Å². The van der Waals surface area contributed by atoms with Crippen molar-refractivity contribution in [1.82, 2.24) is 19.3 Å². The van der Waals surface area contributed by atoms with Gasteiger partial charge in [0.25, 0.3) is 0 Å². The van der Waals surface area contributed by atoms with E-state index in [0.717, 1.165) is 12.1 Å². The average Bonchev–Trinajstić information content (AvgIpc) is 3.54. The third kappa shape index (κ3) is 4.82. The zero-order valence-electron chi connectivity index (χ0n) is 21.5. The van der Waals surface area contributed by atoms with Crippen LogP contribution >= 0.6 is 0 Å². The number of urea groups is 1. The van der Waals surface area contributed by atoms with Crippen molar-refractivity contribution in [3.05, 3.63) is 69.9 Å². The van der Waals surface area contributed by atoms with Crippen LogP contribution in [0, 0.1) is 11.6 Å². The fourth-order valence-electron chi connectivity index (χ4n) is 4.92. The lowest BCUT2D eigenvalue weighted by Crippen LogP contribution is -3.00. The number of anilines is 2. The molecule has 0 aliphatic carbocycles. The summed E-state index contributed by atoms with van der Waals surface area (Å²) < 4.78 is 33.7. The number of likely N-dealkylation sites (N-methyl/N-ethyl adjacent to an activating group) is 1. The maximum absolute atomic E-state index is 13.6. The Kier molecular flexibility index (Phi) is 7.34. The second-order valence-electron chi connectivity index (χ2n) is 9.59. The minimum Gasteiger partial charge on any atom is -1.00 e. The minimum absolute atomic E-state index is 0. The van der Waals surface area contributed by atoms with Crippen LogP contribution in [0.1, 0.15) is 11.3 Å². The summed E-state index contributed by atoms with van der Waals surface area (Å²) in [4.78, 5) is 42.3. The topological polar surface area (TPSA) is 121 Å². The number of rotatable bonds is 5. The van der Waals surface area contributed by atoms with Crippen LogP contribution in [0.25, 0.3) is 17.2 Å². The SMILES string of the molecule is CN1CCN(c2cc(N3CCOCC3)cn3c(=O)c(O)c(-c4[nH]c(Cc5ccc(F)c(F)c5)c[nH+]4)nc23)C1=O.[Cl-]. The Labute approximate surface area is 233 Å². The zero-order chi connectivity index (χ0) is 27.3. The van der Waals surface area contributed by atoms with Gasteiger partial charge in [0.05, 0.1) is 24.6 Å². The second kappa shape index (κ2) is 10.7. The van der Waals surface area contributed by atoms with Crippen LogP contribution in [-0.4, -0.2) is 76.8 Å². The normalized spacial score (nSPS) is 15.7. The van der Waals surface area contributed by atoms with E-state index in [1.54, 1.807) is 29.2 Å². The van der Waals surface area contributed by atoms with Gasteiger partial charge in [-0.05, 0) is 23.8 Å². The molecule has 11 nitrogen and oxygen atoms in total. The summed E-state index contributed by atoms with van der Waals surface area (Å²) in [6, 6.07) is 5.24. The quantitative estimate of drug-likeness (QED) is 0.309. The van der Waals surface area contributed by atoms with E-state index in [9.17, 15) is 23.5 Å². The van der Waals surface area contributed by atoms with Gasteiger partial charge < -0.3 is 32.1 Å². The number of fused-ring (bicyclic) bond motifs is 1. The Morgan fingerprint density at radius 2 is 1.88 bits per heavy atom. The first kappa shape index (κ1) is 27.3. The number of amides is 2. The van der Waals surface area contributed by atoms with Crippen LogP contribution in [0.5, 0.6) is 5.75 Å². The summed E-state index contributed by atoms with van der Waals surface area (Å²) in [7, 11) is 1.70. The predicted molar refractivity (Wildman–Crippen MR) is 137 cm³/mol. The highest BCUT2D eigenvalue weighted by atomic mass is 35.5. The van der Waals surface area contributed by atoms with Crippen molar-refractivity contribution < 1.29 is 40.8 Å². The third-order valence-corrected chi connectivity index (χ3v) is 7.04. The first-order chi connectivity index (χ1) is 18.8. The first-order valence-corrected chi connectivity index (χ1v) is 12.5. The number of hydrogen-bond donors (Lipinski definition) is 2. The molecule has 0 bridgehead atoms. The number of aromatic amines is 2. The van der Waals surface area contributed by atoms with Crippen LogP contribution in [0.3, 0.4) is 0 Å². The number of morpholine rings is 1. The van der Waals surface area contributed by atoms with Crippen molar-refractivity contribution >= 4 is 23.1 Å². The Morgan fingerprint density at radius 3 is 2.58 bits per heavy atom. The number of hydrogen-bond acceptors (Lipinski definition) is 6. The molecule has 4 aromatic rings. The van der Waals surface area contributed by atoms with E-state index in [1.165, 1.54) is 10.5 Å². The molecule has 6 rings (SSSR count).